The number of carbonyl (C=O) groups is 2. The molecule has 1 unspecified atom stereocenters. The predicted octanol–water partition coefficient (Wildman–Crippen LogP) is 4.20. The summed E-state index contributed by atoms with van der Waals surface area (Å²) in [5.41, 5.74) is 1.92. The number of rotatable bonds is 5. The van der Waals surface area contributed by atoms with E-state index in [2.05, 4.69) is 15.3 Å². The largest absolute Gasteiger partial charge is 0.449 e. The van der Waals surface area contributed by atoms with Crippen molar-refractivity contribution >= 4 is 50.8 Å². The highest BCUT2D eigenvalue weighted by molar-refractivity contribution is 7.16. The third-order valence-corrected chi connectivity index (χ3v) is 5.39. The highest BCUT2D eigenvalue weighted by atomic mass is 32.1. The summed E-state index contributed by atoms with van der Waals surface area (Å²) in [6, 6.07) is 8.83. The molecule has 0 aliphatic carbocycles. The normalized spacial score (nSPS) is 12.0. The fourth-order valence-corrected chi connectivity index (χ4v) is 3.88. The zero-order valence-electron chi connectivity index (χ0n) is 14.0. The Morgan fingerprint density at radius 3 is 2.93 bits per heavy atom. The van der Waals surface area contributed by atoms with E-state index < -0.39 is 18.0 Å². The smallest absolute Gasteiger partial charge is 0.341 e. The van der Waals surface area contributed by atoms with Crippen LogP contribution < -0.4 is 5.32 Å². The Bertz CT molecular complexity index is 1100. The van der Waals surface area contributed by atoms with Crippen molar-refractivity contribution in [3.05, 3.63) is 53.0 Å². The van der Waals surface area contributed by atoms with Crippen LogP contribution in [0.5, 0.6) is 0 Å². The quantitative estimate of drug-likeness (QED) is 0.506. The maximum atomic E-state index is 12.4. The number of amides is 1. The molecule has 27 heavy (non-hydrogen) atoms. The Balaban J connectivity index is 1.42. The summed E-state index contributed by atoms with van der Waals surface area (Å²) in [4.78, 5) is 34.1. The van der Waals surface area contributed by atoms with Crippen molar-refractivity contribution in [2.75, 3.05) is 5.32 Å². The number of anilines is 1. The lowest BCUT2D eigenvalue weighted by atomic mass is 10.2. The Morgan fingerprint density at radius 2 is 2.11 bits per heavy atom. The van der Waals surface area contributed by atoms with E-state index in [1.165, 1.54) is 24.7 Å². The molecule has 4 rings (SSSR count). The van der Waals surface area contributed by atoms with Crippen LogP contribution in [0.25, 0.3) is 21.7 Å². The van der Waals surface area contributed by atoms with Gasteiger partial charge in [0.05, 0.1) is 16.1 Å². The van der Waals surface area contributed by atoms with Crippen LogP contribution >= 0.6 is 22.7 Å². The molecule has 7 nitrogen and oxygen atoms in total. The van der Waals surface area contributed by atoms with E-state index >= 15 is 0 Å². The van der Waals surface area contributed by atoms with Gasteiger partial charge in [-0.2, -0.15) is 0 Å². The standard InChI is InChI=1S/C18H13N3O4S2/c1-10(25-17(23)11-4-2-5-13-15(11)19-9-24-13)16(22)21-18-20-12(8-27-18)14-6-3-7-26-14/h2-10H,1H3,(H,20,21,22). The third-order valence-electron chi connectivity index (χ3n) is 3.74. The molecule has 3 heterocycles. The third kappa shape index (κ3) is 3.60. The lowest BCUT2D eigenvalue weighted by Gasteiger charge is -2.12. The number of benzene rings is 1. The number of ether oxygens (including phenoxy) is 1. The van der Waals surface area contributed by atoms with Crippen LogP contribution in [0.15, 0.2) is 51.9 Å². The number of oxazole rings is 1. The molecule has 0 saturated carbocycles. The van der Waals surface area contributed by atoms with Gasteiger partial charge in [0.2, 0.25) is 0 Å². The lowest BCUT2D eigenvalue weighted by molar-refractivity contribution is -0.123. The van der Waals surface area contributed by atoms with Gasteiger partial charge in [0.15, 0.2) is 23.2 Å². The Labute approximate surface area is 161 Å². The molecule has 0 bridgehead atoms. The summed E-state index contributed by atoms with van der Waals surface area (Å²) in [5.74, 6) is -1.10. The molecule has 0 radical (unpaired) electrons. The molecule has 1 aromatic carbocycles. The molecule has 1 atom stereocenters. The van der Waals surface area contributed by atoms with Gasteiger partial charge in [0.1, 0.15) is 5.52 Å². The average Bonchev–Trinajstić information content (AvgIpc) is 3.41. The maximum Gasteiger partial charge on any atom is 0.341 e. The Kier molecular flexibility index (Phi) is 4.69. The number of nitrogens with one attached hydrogen (secondary N) is 1. The summed E-state index contributed by atoms with van der Waals surface area (Å²) >= 11 is 2.88. The lowest BCUT2D eigenvalue weighted by Crippen LogP contribution is -2.30. The highest BCUT2D eigenvalue weighted by Gasteiger charge is 2.22. The van der Waals surface area contributed by atoms with Crippen molar-refractivity contribution in [1.82, 2.24) is 9.97 Å². The first-order valence-electron chi connectivity index (χ1n) is 7.95. The van der Waals surface area contributed by atoms with E-state index in [1.54, 1.807) is 29.5 Å². The first-order valence-corrected chi connectivity index (χ1v) is 9.71. The topological polar surface area (TPSA) is 94.3 Å². The number of esters is 1. The zero-order valence-corrected chi connectivity index (χ0v) is 15.7. The minimum absolute atomic E-state index is 0.245. The van der Waals surface area contributed by atoms with E-state index in [0.29, 0.717) is 16.2 Å². The molecule has 0 fully saturated rings. The van der Waals surface area contributed by atoms with Gasteiger partial charge in [-0.15, -0.1) is 22.7 Å². The second-order valence-corrected chi connectivity index (χ2v) is 7.36. The van der Waals surface area contributed by atoms with Gasteiger partial charge in [0.25, 0.3) is 5.91 Å². The molecule has 1 N–H and O–H groups in total. The van der Waals surface area contributed by atoms with E-state index in [0.717, 1.165) is 10.6 Å². The minimum Gasteiger partial charge on any atom is -0.449 e. The van der Waals surface area contributed by atoms with Crippen molar-refractivity contribution in [3.63, 3.8) is 0 Å². The van der Waals surface area contributed by atoms with Crippen molar-refractivity contribution in [2.45, 2.75) is 13.0 Å². The van der Waals surface area contributed by atoms with E-state index in [9.17, 15) is 9.59 Å². The predicted molar refractivity (Wildman–Crippen MR) is 103 cm³/mol. The summed E-state index contributed by atoms with van der Waals surface area (Å²) in [7, 11) is 0. The van der Waals surface area contributed by atoms with Gasteiger partial charge >= 0.3 is 5.97 Å². The van der Waals surface area contributed by atoms with Crippen LogP contribution in [0.1, 0.15) is 17.3 Å². The number of thiazole rings is 1. The number of fused-ring (bicyclic) bond motifs is 1. The first-order chi connectivity index (χ1) is 13.1. The fourth-order valence-electron chi connectivity index (χ4n) is 2.40. The van der Waals surface area contributed by atoms with E-state index in [-0.39, 0.29) is 5.56 Å². The maximum absolute atomic E-state index is 12.4. The van der Waals surface area contributed by atoms with Gasteiger partial charge in [-0.05, 0) is 30.5 Å². The summed E-state index contributed by atoms with van der Waals surface area (Å²) in [6.45, 7) is 1.50. The number of aromatic nitrogens is 2. The molecular weight excluding hydrogens is 386 g/mol. The van der Waals surface area contributed by atoms with Gasteiger partial charge in [0, 0.05) is 5.38 Å². The summed E-state index contributed by atoms with van der Waals surface area (Å²) in [5, 5.41) is 6.95. The van der Waals surface area contributed by atoms with E-state index in [4.69, 9.17) is 9.15 Å². The van der Waals surface area contributed by atoms with Gasteiger partial charge in [-0.3, -0.25) is 10.1 Å². The highest BCUT2D eigenvalue weighted by Crippen LogP contribution is 2.28. The monoisotopic (exact) mass is 399 g/mol. The zero-order chi connectivity index (χ0) is 18.8. The second kappa shape index (κ2) is 7.29. The van der Waals surface area contributed by atoms with Crippen LogP contribution in [-0.2, 0) is 9.53 Å². The van der Waals surface area contributed by atoms with Crippen molar-refractivity contribution in [2.24, 2.45) is 0 Å². The van der Waals surface area contributed by atoms with Crippen LogP contribution in [0.2, 0.25) is 0 Å². The number of hydrogen-bond acceptors (Lipinski definition) is 8. The molecule has 1 amide bonds. The Morgan fingerprint density at radius 1 is 1.22 bits per heavy atom. The molecule has 3 aromatic heterocycles. The molecule has 4 aromatic rings. The molecular formula is C18H13N3O4S2. The molecule has 0 spiro atoms. The number of thiophene rings is 1. The van der Waals surface area contributed by atoms with Gasteiger partial charge in [-0.25, -0.2) is 14.8 Å². The van der Waals surface area contributed by atoms with Crippen LogP contribution in [0.4, 0.5) is 5.13 Å². The second-order valence-electron chi connectivity index (χ2n) is 5.56. The van der Waals surface area contributed by atoms with Crippen molar-refractivity contribution < 1.29 is 18.7 Å². The first kappa shape index (κ1) is 17.4. The number of nitrogens with zero attached hydrogens (tertiary/aromatic N) is 2. The number of para-hydroxylation sites is 1. The molecule has 136 valence electrons. The van der Waals surface area contributed by atoms with E-state index in [1.807, 2.05) is 22.9 Å². The molecule has 9 heteroatoms. The minimum atomic E-state index is -0.992. The number of carbonyl (C=O) groups excluding carboxylic acids is 2. The Hall–Kier alpha value is -3.04. The molecule has 0 aliphatic rings. The molecule has 0 aliphatic heterocycles. The van der Waals surface area contributed by atoms with Crippen molar-refractivity contribution in [3.8, 4) is 10.6 Å². The number of hydrogen-bond donors (Lipinski definition) is 1. The van der Waals surface area contributed by atoms with Crippen molar-refractivity contribution in [1.29, 1.82) is 0 Å². The van der Waals surface area contributed by atoms with Crippen LogP contribution in [-0.4, -0.2) is 27.9 Å². The summed E-state index contributed by atoms with van der Waals surface area (Å²) < 4.78 is 10.4. The fraction of sp³-hybridized carbons (Fsp3) is 0.111. The summed E-state index contributed by atoms with van der Waals surface area (Å²) in [6.07, 6.45) is 0.263. The SMILES string of the molecule is CC(OC(=O)c1cccc2ocnc12)C(=O)Nc1nc(-c2cccs2)cs1. The molecule has 0 saturated heterocycles. The van der Waals surface area contributed by atoms with Gasteiger partial charge < -0.3 is 9.15 Å². The van der Waals surface area contributed by atoms with Crippen LogP contribution in [0.3, 0.4) is 0 Å². The van der Waals surface area contributed by atoms with Crippen LogP contribution in [0, 0.1) is 0 Å². The van der Waals surface area contributed by atoms with Gasteiger partial charge in [-0.1, -0.05) is 12.1 Å². The average molecular weight is 399 g/mol.